The number of benzene rings is 1. The molecule has 0 radical (unpaired) electrons. The first-order chi connectivity index (χ1) is 10.5. The van der Waals surface area contributed by atoms with Crippen LogP contribution in [0, 0.1) is 0 Å². The number of nitrogens with zero attached hydrogens (tertiary/aromatic N) is 3. The lowest BCUT2D eigenvalue weighted by molar-refractivity contribution is 0.0994. The number of fused-ring (bicyclic) bond motifs is 1. The van der Waals surface area contributed by atoms with Crippen molar-refractivity contribution in [2.45, 2.75) is 0 Å². The van der Waals surface area contributed by atoms with Crippen molar-refractivity contribution < 1.29 is 9.90 Å². The summed E-state index contributed by atoms with van der Waals surface area (Å²) in [5, 5.41) is 18.1. The summed E-state index contributed by atoms with van der Waals surface area (Å²) in [4.78, 5) is 18.7. The number of nitrogens with one attached hydrogen (secondary N) is 1. The number of carbonyl (C=O) groups excluding carboxylic acids is 1. The van der Waals surface area contributed by atoms with Crippen LogP contribution in [-0.4, -0.2) is 21.0 Å². The zero-order valence-corrected chi connectivity index (χ0v) is 14.1. The Labute approximate surface area is 141 Å². The van der Waals surface area contributed by atoms with Gasteiger partial charge in [0.1, 0.15) is 0 Å². The van der Waals surface area contributed by atoms with E-state index in [0.29, 0.717) is 20.9 Å². The fourth-order valence-corrected chi connectivity index (χ4v) is 2.64. The number of rotatable bonds is 2. The van der Waals surface area contributed by atoms with Gasteiger partial charge in [-0.1, -0.05) is 15.9 Å². The van der Waals surface area contributed by atoms with Gasteiger partial charge < -0.3 is 10.1 Å². The molecule has 0 saturated heterocycles. The van der Waals surface area contributed by atoms with Gasteiger partial charge in [0.2, 0.25) is 5.88 Å². The van der Waals surface area contributed by atoms with Crippen LogP contribution in [0.25, 0.3) is 10.9 Å². The summed E-state index contributed by atoms with van der Waals surface area (Å²) >= 11 is 6.59. The van der Waals surface area contributed by atoms with E-state index >= 15 is 0 Å². The lowest BCUT2D eigenvalue weighted by atomic mass is 10.2. The van der Waals surface area contributed by atoms with E-state index < -0.39 is 5.91 Å². The number of carbonyl (C=O) groups is 1. The number of aromatic nitrogens is 2. The average molecular weight is 424 g/mol. The molecule has 0 bridgehead atoms. The van der Waals surface area contributed by atoms with E-state index in [9.17, 15) is 9.90 Å². The molecule has 0 saturated carbocycles. The number of aromatic amines is 1. The molecule has 2 N–H and O–H groups in total. The van der Waals surface area contributed by atoms with Gasteiger partial charge in [-0.05, 0) is 40.2 Å². The quantitative estimate of drug-likeness (QED) is 0.584. The first-order valence-corrected chi connectivity index (χ1v) is 7.70. The minimum absolute atomic E-state index is 0.142. The summed E-state index contributed by atoms with van der Waals surface area (Å²) in [6.45, 7) is 0. The maximum absolute atomic E-state index is 12.0. The number of H-pyrrole nitrogens is 1. The minimum Gasteiger partial charge on any atom is -0.493 e. The maximum atomic E-state index is 12.0. The fraction of sp³-hybridized carbons (Fsp3) is 0. The van der Waals surface area contributed by atoms with E-state index in [0.717, 1.165) is 4.47 Å². The summed E-state index contributed by atoms with van der Waals surface area (Å²) in [5.74, 6) is -0.686. The molecule has 0 fully saturated rings. The van der Waals surface area contributed by atoms with E-state index in [1.807, 2.05) is 6.07 Å². The van der Waals surface area contributed by atoms with Crippen molar-refractivity contribution in [3.8, 4) is 5.88 Å². The third kappa shape index (κ3) is 2.93. The first kappa shape index (κ1) is 14.9. The van der Waals surface area contributed by atoms with Crippen molar-refractivity contribution in [1.29, 1.82) is 0 Å². The highest BCUT2D eigenvalue weighted by Crippen LogP contribution is 2.36. The largest absolute Gasteiger partial charge is 0.493 e. The maximum Gasteiger partial charge on any atom is 0.297 e. The molecule has 1 amide bonds. The second kappa shape index (κ2) is 5.98. The normalized spacial score (nSPS) is 11.4. The number of hydrogen-bond acceptors (Lipinski definition) is 4. The van der Waals surface area contributed by atoms with Gasteiger partial charge in [0.05, 0.1) is 11.1 Å². The van der Waals surface area contributed by atoms with Gasteiger partial charge in [-0.2, -0.15) is 0 Å². The molecule has 1 aromatic carbocycles. The molecule has 0 aliphatic rings. The SMILES string of the molecule is O=C(N=Nc1c(O)[nH]c2ccc(Br)cc12)c1cncc(Br)c1. The Bertz CT molecular complexity index is 905. The van der Waals surface area contributed by atoms with Gasteiger partial charge in [0.25, 0.3) is 5.91 Å². The van der Waals surface area contributed by atoms with Crippen LogP contribution < -0.4 is 0 Å². The monoisotopic (exact) mass is 422 g/mol. The van der Waals surface area contributed by atoms with Crippen LogP contribution in [0.4, 0.5) is 5.69 Å². The summed E-state index contributed by atoms with van der Waals surface area (Å²) in [6.07, 6.45) is 2.97. The van der Waals surface area contributed by atoms with Crippen molar-refractivity contribution in [3.63, 3.8) is 0 Å². The second-order valence-electron chi connectivity index (χ2n) is 4.41. The number of halogens is 2. The molecule has 2 heterocycles. The Balaban J connectivity index is 1.97. The van der Waals surface area contributed by atoms with E-state index in [-0.39, 0.29) is 11.6 Å². The molecule has 0 unspecified atom stereocenters. The molecule has 22 heavy (non-hydrogen) atoms. The Hall–Kier alpha value is -2.06. The Morgan fingerprint density at radius 3 is 2.77 bits per heavy atom. The van der Waals surface area contributed by atoms with Gasteiger partial charge in [0.15, 0.2) is 5.69 Å². The van der Waals surface area contributed by atoms with E-state index in [1.165, 1.54) is 6.20 Å². The third-order valence-electron chi connectivity index (χ3n) is 2.91. The van der Waals surface area contributed by atoms with Gasteiger partial charge in [0, 0.05) is 26.7 Å². The average Bonchev–Trinajstić information content (AvgIpc) is 2.80. The molecule has 0 atom stereocenters. The molecular weight excluding hydrogens is 416 g/mol. The van der Waals surface area contributed by atoms with Gasteiger partial charge in [-0.25, -0.2) is 0 Å². The number of hydrogen-bond donors (Lipinski definition) is 2. The van der Waals surface area contributed by atoms with E-state index in [2.05, 4.69) is 52.1 Å². The van der Waals surface area contributed by atoms with Gasteiger partial charge >= 0.3 is 0 Å². The topological polar surface area (TPSA) is 90.7 Å². The number of azo groups is 1. The lowest BCUT2D eigenvalue weighted by Gasteiger charge is -1.95. The van der Waals surface area contributed by atoms with Crippen molar-refractivity contribution in [2.24, 2.45) is 10.2 Å². The zero-order valence-electron chi connectivity index (χ0n) is 10.9. The molecule has 0 spiro atoms. The summed E-state index contributed by atoms with van der Waals surface area (Å²) in [6, 6.07) is 7.00. The predicted octanol–water partition coefficient (Wildman–Crippen LogP) is 4.72. The van der Waals surface area contributed by atoms with Crippen LogP contribution in [0.5, 0.6) is 5.88 Å². The smallest absolute Gasteiger partial charge is 0.297 e. The Morgan fingerprint density at radius 2 is 2.00 bits per heavy atom. The van der Waals surface area contributed by atoms with E-state index in [1.54, 1.807) is 24.4 Å². The molecule has 2 aromatic heterocycles. The van der Waals surface area contributed by atoms with E-state index in [4.69, 9.17) is 0 Å². The van der Waals surface area contributed by atoms with Gasteiger partial charge in [-0.3, -0.25) is 9.78 Å². The van der Waals surface area contributed by atoms with Crippen LogP contribution in [0.1, 0.15) is 10.4 Å². The van der Waals surface area contributed by atoms with Crippen LogP contribution in [0.2, 0.25) is 0 Å². The first-order valence-electron chi connectivity index (χ1n) is 6.11. The summed E-state index contributed by atoms with van der Waals surface area (Å²) in [5.41, 5.74) is 1.22. The van der Waals surface area contributed by atoms with Gasteiger partial charge in [-0.15, -0.1) is 10.2 Å². The highest BCUT2D eigenvalue weighted by Gasteiger charge is 2.12. The number of amides is 1. The molecular formula is C14H8Br2N4O2. The van der Waals surface area contributed by atoms with Crippen LogP contribution in [-0.2, 0) is 0 Å². The Kier molecular flexibility index (Phi) is 4.04. The van der Waals surface area contributed by atoms with Crippen molar-refractivity contribution in [3.05, 3.63) is 51.2 Å². The molecule has 3 aromatic rings. The summed E-state index contributed by atoms with van der Waals surface area (Å²) < 4.78 is 1.50. The third-order valence-corrected chi connectivity index (χ3v) is 3.83. The molecule has 0 aliphatic carbocycles. The van der Waals surface area contributed by atoms with Crippen LogP contribution in [0.3, 0.4) is 0 Å². The Morgan fingerprint density at radius 1 is 1.18 bits per heavy atom. The zero-order chi connectivity index (χ0) is 15.7. The number of aromatic hydroxyl groups is 1. The highest BCUT2D eigenvalue weighted by atomic mass is 79.9. The molecule has 8 heteroatoms. The summed E-state index contributed by atoms with van der Waals surface area (Å²) in [7, 11) is 0. The van der Waals surface area contributed by atoms with Crippen molar-refractivity contribution >= 4 is 54.4 Å². The molecule has 0 aliphatic heterocycles. The van der Waals surface area contributed by atoms with Crippen LogP contribution in [0.15, 0.2) is 55.8 Å². The highest BCUT2D eigenvalue weighted by molar-refractivity contribution is 9.10. The molecule has 6 nitrogen and oxygen atoms in total. The minimum atomic E-state index is -0.544. The predicted molar refractivity (Wildman–Crippen MR) is 88.4 cm³/mol. The standard InChI is InChI=1S/C14H8Br2N4O2/c15-8-1-2-11-10(4-8)12(14(22)18-11)19-20-13(21)7-3-9(16)6-17-5-7/h1-6,18,22H. The second-order valence-corrected chi connectivity index (χ2v) is 6.24. The fourth-order valence-electron chi connectivity index (χ4n) is 1.92. The molecule has 3 rings (SSSR count). The van der Waals surface area contributed by atoms with Crippen molar-refractivity contribution in [2.75, 3.05) is 0 Å². The van der Waals surface area contributed by atoms with Crippen LogP contribution >= 0.6 is 31.9 Å². The lowest BCUT2D eigenvalue weighted by Crippen LogP contribution is -1.94. The number of pyridine rings is 1. The molecule has 110 valence electrons. The van der Waals surface area contributed by atoms with Crippen molar-refractivity contribution in [1.82, 2.24) is 9.97 Å².